The van der Waals surface area contributed by atoms with Crippen LogP contribution in [0.1, 0.15) is 38.3 Å². The molecule has 0 amide bonds. The van der Waals surface area contributed by atoms with Crippen molar-refractivity contribution in [3.8, 4) is 11.4 Å². The van der Waals surface area contributed by atoms with Gasteiger partial charge in [0.15, 0.2) is 15.7 Å². The van der Waals surface area contributed by atoms with Crippen molar-refractivity contribution in [3.05, 3.63) is 42.2 Å². The number of aromatic amines is 1. The number of sulfone groups is 1. The molecule has 1 saturated carbocycles. The van der Waals surface area contributed by atoms with Crippen LogP contribution in [-0.4, -0.2) is 67.6 Å². The molecule has 3 aromatic rings. The van der Waals surface area contributed by atoms with E-state index >= 15 is 0 Å². The maximum absolute atomic E-state index is 13.9. The average Bonchev–Trinajstić information content (AvgIpc) is 3.62. The van der Waals surface area contributed by atoms with Crippen LogP contribution in [0.4, 0.5) is 5.82 Å². The van der Waals surface area contributed by atoms with Crippen molar-refractivity contribution in [2.75, 3.05) is 37.9 Å². The molecule has 1 atom stereocenters. The van der Waals surface area contributed by atoms with Crippen molar-refractivity contribution < 1.29 is 17.9 Å². The van der Waals surface area contributed by atoms with E-state index in [2.05, 4.69) is 16.8 Å². The number of ether oxygens (including phenoxy) is 2. The second kappa shape index (κ2) is 8.32. The van der Waals surface area contributed by atoms with Gasteiger partial charge in [0.05, 0.1) is 30.2 Å². The second-order valence-electron chi connectivity index (χ2n) is 9.65. The third-order valence-electron chi connectivity index (χ3n) is 7.49. The Kier molecular flexibility index (Phi) is 5.38. The minimum atomic E-state index is -3.41. The molecule has 180 valence electrons. The molecule has 0 bridgehead atoms. The number of anilines is 1. The molecular weight excluding hydrogens is 452 g/mol. The van der Waals surface area contributed by atoms with E-state index < -0.39 is 14.6 Å². The molecule has 3 aliphatic rings. The van der Waals surface area contributed by atoms with Crippen LogP contribution in [0.25, 0.3) is 22.3 Å². The zero-order valence-corrected chi connectivity index (χ0v) is 20.2. The monoisotopic (exact) mass is 482 g/mol. The van der Waals surface area contributed by atoms with Crippen molar-refractivity contribution in [2.24, 2.45) is 0 Å². The lowest BCUT2D eigenvalue weighted by molar-refractivity contribution is 0.0729. The SMILES string of the molecule is C[C@H]1COCCN1c1cc(C2(S(=O)(=O)C3CC3)CCOCC2)nc(-c2cccc3[nH]ccc23)n1. The van der Waals surface area contributed by atoms with Crippen LogP contribution in [0.2, 0.25) is 0 Å². The standard InChI is InChI=1S/C25H30N4O4S/c1-17-16-33-14-11-29(17)23-15-22(25(8-12-32-13-9-25)34(30,31)18-5-6-18)27-24(28-23)20-3-2-4-21-19(20)7-10-26-21/h2-4,7,10,15,17-18,26H,5-6,8-9,11-14,16H2,1H3/t17-/m0/s1. The minimum Gasteiger partial charge on any atom is -0.381 e. The fraction of sp³-hybridized carbons (Fsp3) is 0.520. The Balaban J connectivity index is 1.57. The van der Waals surface area contributed by atoms with Crippen LogP contribution < -0.4 is 4.90 Å². The fourth-order valence-corrected chi connectivity index (χ4v) is 7.89. The maximum atomic E-state index is 13.9. The molecule has 2 aromatic heterocycles. The van der Waals surface area contributed by atoms with Crippen molar-refractivity contribution in [1.82, 2.24) is 15.0 Å². The average molecular weight is 483 g/mol. The first-order valence-electron chi connectivity index (χ1n) is 12.1. The van der Waals surface area contributed by atoms with Crippen LogP contribution in [-0.2, 0) is 24.1 Å². The van der Waals surface area contributed by atoms with E-state index in [1.165, 1.54) is 0 Å². The van der Waals surface area contributed by atoms with E-state index in [-0.39, 0.29) is 11.3 Å². The summed E-state index contributed by atoms with van der Waals surface area (Å²) < 4.78 is 38.0. The van der Waals surface area contributed by atoms with E-state index in [9.17, 15) is 8.42 Å². The lowest BCUT2D eigenvalue weighted by Crippen LogP contribution is -2.46. The summed E-state index contributed by atoms with van der Waals surface area (Å²) in [4.78, 5) is 15.5. The maximum Gasteiger partial charge on any atom is 0.164 e. The van der Waals surface area contributed by atoms with Crippen molar-refractivity contribution in [1.29, 1.82) is 0 Å². The number of benzene rings is 1. The van der Waals surface area contributed by atoms with Crippen LogP contribution >= 0.6 is 0 Å². The number of hydrogen-bond donors (Lipinski definition) is 1. The van der Waals surface area contributed by atoms with Gasteiger partial charge < -0.3 is 19.4 Å². The Morgan fingerprint density at radius 3 is 2.68 bits per heavy atom. The Hall–Kier alpha value is -2.49. The van der Waals surface area contributed by atoms with Crippen LogP contribution in [0.3, 0.4) is 0 Å². The van der Waals surface area contributed by atoms with Gasteiger partial charge in [0.25, 0.3) is 0 Å². The summed E-state index contributed by atoms with van der Waals surface area (Å²) in [5.74, 6) is 1.33. The molecular formula is C25H30N4O4S. The van der Waals surface area contributed by atoms with E-state index in [1.54, 1.807) is 0 Å². The molecule has 1 aliphatic carbocycles. The van der Waals surface area contributed by atoms with Crippen molar-refractivity contribution >= 4 is 26.6 Å². The van der Waals surface area contributed by atoms with Gasteiger partial charge in [-0.3, -0.25) is 0 Å². The Morgan fingerprint density at radius 2 is 1.91 bits per heavy atom. The first-order valence-corrected chi connectivity index (χ1v) is 13.7. The van der Waals surface area contributed by atoms with Crippen LogP contribution in [0.15, 0.2) is 36.5 Å². The summed E-state index contributed by atoms with van der Waals surface area (Å²) in [7, 11) is -3.41. The molecule has 2 saturated heterocycles. The molecule has 8 nitrogen and oxygen atoms in total. The third-order valence-corrected chi connectivity index (χ3v) is 10.5. The highest BCUT2D eigenvalue weighted by molar-refractivity contribution is 7.93. The number of aromatic nitrogens is 3. The quantitative estimate of drug-likeness (QED) is 0.595. The van der Waals surface area contributed by atoms with Crippen LogP contribution in [0, 0.1) is 0 Å². The molecule has 1 N–H and O–H groups in total. The van der Waals surface area contributed by atoms with E-state index in [1.807, 2.05) is 36.5 Å². The van der Waals surface area contributed by atoms with Gasteiger partial charge in [0.2, 0.25) is 0 Å². The highest BCUT2D eigenvalue weighted by Crippen LogP contribution is 2.48. The van der Waals surface area contributed by atoms with Crippen LogP contribution in [0.5, 0.6) is 0 Å². The molecule has 0 spiro atoms. The lowest BCUT2D eigenvalue weighted by atomic mass is 9.94. The lowest BCUT2D eigenvalue weighted by Gasteiger charge is -2.38. The summed E-state index contributed by atoms with van der Waals surface area (Å²) in [6.07, 6.45) is 4.22. The molecule has 2 aliphatic heterocycles. The Labute approximate surface area is 199 Å². The molecule has 3 fully saturated rings. The van der Waals surface area contributed by atoms with Crippen molar-refractivity contribution in [3.63, 3.8) is 0 Å². The summed E-state index contributed by atoms with van der Waals surface area (Å²) in [5.41, 5.74) is 2.50. The first-order chi connectivity index (χ1) is 16.5. The Morgan fingerprint density at radius 1 is 1.09 bits per heavy atom. The number of H-pyrrole nitrogens is 1. The summed E-state index contributed by atoms with van der Waals surface area (Å²) in [6.45, 7) is 4.88. The van der Waals surface area contributed by atoms with Gasteiger partial charge in [-0.2, -0.15) is 0 Å². The van der Waals surface area contributed by atoms with Gasteiger partial charge in [-0.1, -0.05) is 12.1 Å². The minimum absolute atomic E-state index is 0.137. The van der Waals surface area contributed by atoms with Gasteiger partial charge in [0, 0.05) is 48.5 Å². The number of nitrogens with one attached hydrogen (secondary N) is 1. The summed E-state index contributed by atoms with van der Waals surface area (Å²) >= 11 is 0. The third kappa shape index (κ3) is 3.52. The number of morpholine rings is 1. The molecule has 0 radical (unpaired) electrons. The van der Waals surface area contributed by atoms with Gasteiger partial charge in [-0.25, -0.2) is 18.4 Å². The van der Waals surface area contributed by atoms with E-state index in [0.717, 1.165) is 35.1 Å². The summed E-state index contributed by atoms with van der Waals surface area (Å²) in [5, 5.41) is 0.745. The van der Waals surface area contributed by atoms with Gasteiger partial charge in [0.1, 0.15) is 10.6 Å². The number of nitrogens with zero attached hydrogens (tertiary/aromatic N) is 3. The molecule has 1 aromatic carbocycles. The predicted octanol–water partition coefficient (Wildman–Crippen LogP) is 3.43. The molecule has 0 unspecified atom stereocenters. The molecule has 34 heavy (non-hydrogen) atoms. The van der Waals surface area contributed by atoms with Gasteiger partial charge >= 0.3 is 0 Å². The number of rotatable bonds is 5. The highest BCUT2D eigenvalue weighted by Gasteiger charge is 2.54. The predicted molar refractivity (Wildman–Crippen MR) is 131 cm³/mol. The first kappa shape index (κ1) is 22.0. The molecule has 4 heterocycles. The zero-order valence-electron chi connectivity index (χ0n) is 19.4. The molecule has 9 heteroatoms. The largest absolute Gasteiger partial charge is 0.381 e. The normalized spacial score (nSPS) is 23.3. The summed E-state index contributed by atoms with van der Waals surface area (Å²) in [6, 6.07) is 10.1. The number of fused-ring (bicyclic) bond motifs is 1. The van der Waals surface area contributed by atoms with Crippen molar-refractivity contribution in [2.45, 2.75) is 48.6 Å². The molecule has 6 rings (SSSR count). The van der Waals surface area contributed by atoms with Gasteiger partial charge in [-0.05, 0) is 44.7 Å². The van der Waals surface area contributed by atoms with E-state index in [4.69, 9.17) is 19.4 Å². The highest BCUT2D eigenvalue weighted by atomic mass is 32.2. The zero-order chi connectivity index (χ0) is 23.3. The van der Waals surface area contributed by atoms with E-state index in [0.29, 0.717) is 57.3 Å². The fourth-order valence-electron chi connectivity index (χ4n) is 5.37. The topological polar surface area (TPSA) is 97.4 Å². The van der Waals surface area contributed by atoms with Gasteiger partial charge in [-0.15, -0.1) is 0 Å². The smallest absolute Gasteiger partial charge is 0.164 e. The number of hydrogen-bond acceptors (Lipinski definition) is 7. The Bertz CT molecular complexity index is 1310. The second-order valence-corrected chi connectivity index (χ2v) is 12.2.